The van der Waals surface area contributed by atoms with Crippen molar-refractivity contribution in [2.24, 2.45) is 46.3 Å². The molecule has 3 saturated carbocycles. The molecule has 10 atom stereocenters. The predicted molar refractivity (Wildman–Crippen MR) is 272 cm³/mol. The highest BCUT2D eigenvalue weighted by Gasteiger charge is 2.59. The van der Waals surface area contributed by atoms with E-state index in [-0.39, 0.29) is 18.1 Å². The molecule has 0 aromatic heterocycles. The zero-order valence-corrected chi connectivity index (χ0v) is 45.3. The monoisotopic (exact) mass is 966 g/mol. The van der Waals surface area contributed by atoms with Crippen molar-refractivity contribution in [3.63, 3.8) is 0 Å². The third kappa shape index (κ3) is 19.8. The number of phosphoric ester groups is 1. The minimum Gasteiger partial charge on any atom is -0.440 e. The van der Waals surface area contributed by atoms with Gasteiger partial charge >= 0.3 is 20.1 Å². The van der Waals surface area contributed by atoms with Gasteiger partial charge in [0.05, 0.1) is 27.7 Å². The van der Waals surface area contributed by atoms with Crippen LogP contribution in [0.5, 0.6) is 0 Å². The molecular formula is C55H102N2O9P+. The molecular weight excluding hydrogens is 864 g/mol. The molecule has 1 unspecified atom stereocenters. The van der Waals surface area contributed by atoms with Gasteiger partial charge < -0.3 is 28.9 Å². The van der Waals surface area contributed by atoms with Crippen LogP contribution in [0.3, 0.4) is 0 Å². The van der Waals surface area contributed by atoms with Crippen LogP contribution < -0.4 is 5.32 Å². The molecule has 2 N–H and O–H groups in total. The highest BCUT2D eigenvalue weighted by atomic mass is 31.2. The molecule has 0 heterocycles. The maximum Gasteiger partial charge on any atom is 0.508 e. The Balaban J connectivity index is 1.19. The summed E-state index contributed by atoms with van der Waals surface area (Å²) in [5, 5.41) is 2.79. The van der Waals surface area contributed by atoms with Crippen molar-refractivity contribution < 1.29 is 46.8 Å². The number of likely N-dealkylation sites (N-methyl/N-ethyl adjacent to an activating group) is 1. The minimum atomic E-state index is -4.46. The number of alkyl carbamates (subject to hydrolysis) is 1. The molecule has 67 heavy (non-hydrogen) atoms. The number of allylic oxidation sites excluding steroid dienone is 1. The number of hydrogen-bond donors (Lipinski definition) is 2. The van der Waals surface area contributed by atoms with Gasteiger partial charge in [-0.25, -0.2) is 14.2 Å². The largest absolute Gasteiger partial charge is 0.508 e. The van der Waals surface area contributed by atoms with Crippen LogP contribution in [0.15, 0.2) is 11.6 Å². The summed E-state index contributed by atoms with van der Waals surface area (Å²) in [6.07, 6.45) is 32.8. The molecule has 0 aliphatic heterocycles. The van der Waals surface area contributed by atoms with Crippen molar-refractivity contribution in [2.75, 3.05) is 54.1 Å². The van der Waals surface area contributed by atoms with Crippen molar-refractivity contribution in [3.05, 3.63) is 11.6 Å². The number of fused-ring (bicyclic) bond motifs is 5. The first-order chi connectivity index (χ1) is 31.9. The quantitative estimate of drug-likeness (QED) is 0.0217. The SMILES string of the molecule is CCCCCCCCCCCCCCCCCCNC(=O)O[C@@H](COC(=O)O[C@H]1CC[C@@]2(C)C(=CC[C@H]3[C@@H]4CC[C@H]([C@H](C)CCCC(C)C)[C@@]4(C)CC[C@@H]32)C1)COP(=O)(O)OCC[N+](C)(C)C. The van der Waals surface area contributed by atoms with Gasteiger partial charge in [0.25, 0.3) is 0 Å². The van der Waals surface area contributed by atoms with Crippen LogP contribution in [0.4, 0.5) is 9.59 Å². The lowest BCUT2D eigenvalue weighted by Gasteiger charge is -2.58. The molecule has 4 aliphatic carbocycles. The molecule has 11 nitrogen and oxygen atoms in total. The Morgan fingerprint density at radius 1 is 0.791 bits per heavy atom. The second-order valence-corrected chi connectivity index (χ2v) is 25.2. The van der Waals surface area contributed by atoms with Crippen LogP contribution in [0.25, 0.3) is 0 Å². The van der Waals surface area contributed by atoms with Crippen molar-refractivity contribution in [2.45, 2.75) is 227 Å². The Kier molecular flexibility index (Phi) is 25.1. The molecule has 0 saturated heterocycles. The second-order valence-electron chi connectivity index (χ2n) is 23.7. The maximum absolute atomic E-state index is 13.2. The van der Waals surface area contributed by atoms with E-state index in [0.717, 1.165) is 68.1 Å². The molecule has 0 bridgehead atoms. The van der Waals surface area contributed by atoms with Crippen molar-refractivity contribution in [1.82, 2.24) is 5.32 Å². The first-order valence-corrected chi connectivity index (χ1v) is 29.3. The van der Waals surface area contributed by atoms with Gasteiger partial charge in [-0.2, -0.15) is 0 Å². The van der Waals surface area contributed by atoms with E-state index in [1.54, 1.807) is 0 Å². The van der Waals surface area contributed by atoms with Gasteiger partial charge in [-0.3, -0.25) is 9.05 Å². The van der Waals surface area contributed by atoms with Gasteiger partial charge in [-0.15, -0.1) is 0 Å². The van der Waals surface area contributed by atoms with E-state index in [1.165, 1.54) is 134 Å². The van der Waals surface area contributed by atoms with Crippen LogP contribution in [-0.4, -0.2) is 87.9 Å². The Bertz CT molecular complexity index is 1520. The number of quaternary nitrogens is 1. The Morgan fingerprint density at radius 3 is 2.03 bits per heavy atom. The van der Waals surface area contributed by atoms with E-state index in [9.17, 15) is 19.0 Å². The van der Waals surface area contributed by atoms with E-state index in [0.29, 0.717) is 35.3 Å². The predicted octanol–water partition coefficient (Wildman–Crippen LogP) is 14.7. The van der Waals surface area contributed by atoms with Gasteiger partial charge in [0.2, 0.25) is 0 Å². The summed E-state index contributed by atoms with van der Waals surface area (Å²) in [4.78, 5) is 36.5. The number of phosphoric acid groups is 1. The standard InChI is InChI=1S/C55H101N2O9P/c1-10-11-12-13-14-15-16-17-18-19-20-21-22-23-24-25-37-56-52(58)65-47(42-64-67(60,61)63-39-38-57(7,8)9)41-62-53(59)66-46-33-35-54(5)45(40-46)29-30-48-50-32-31-49(44(4)28-26-27-43(2)3)55(50,6)36-34-51(48)54/h29,43-44,46-51H,10-28,30-42H2,1-9H3,(H-,56,58,60,61)/p+1/t44-,46+,47+,48+,49-,50+,51+,54+,55-/m1/s1. The Morgan fingerprint density at radius 2 is 1.42 bits per heavy atom. The lowest BCUT2D eigenvalue weighted by molar-refractivity contribution is -0.870. The number of carbonyl (C=O) groups excluding carboxylic acids is 2. The van der Waals surface area contributed by atoms with E-state index < -0.39 is 39.4 Å². The van der Waals surface area contributed by atoms with Gasteiger partial charge in [0.1, 0.15) is 25.9 Å². The lowest BCUT2D eigenvalue weighted by atomic mass is 9.47. The molecule has 390 valence electrons. The molecule has 4 rings (SSSR count). The van der Waals surface area contributed by atoms with Crippen molar-refractivity contribution >= 4 is 20.1 Å². The summed E-state index contributed by atoms with van der Waals surface area (Å²) in [5.74, 6) is 4.59. The summed E-state index contributed by atoms with van der Waals surface area (Å²) in [5.41, 5.74) is 1.99. The molecule has 0 spiro atoms. The van der Waals surface area contributed by atoms with Crippen molar-refractivity contribution in [1.29, 1.82) is 0 Å². The van der Waals surface area contributed by atoms with Crippen LogP contribution in [0.1, 0.15) is 215 Å². The van der Waals surface area contributed by atoms with E-state index >= 15 is 0 Å². The van der Waals surface area contributed by atoms with Gasteiger partial charge in [-0.1, -0.05) is 169 Å². The number of nitrogens with one attached hydrogen (secondary N) is 1. The Hall–Kier alpha value is -1.65. The number of rotatable bonds is 33. The van der Waals surface area contributed by atoms with Gasteiger partial charge in [0, 0.05) is 13.0 Å². The fourth-order valence-corrected chi connectivity index (χ4v) is 13.6. The number of unbranched alkanes of at least 4 members (excludes halogenated alkanes) is 15. The van der Waals surface area contributed by atoms with Gasteiger partial charge in [0.15, 0.2) is 6.10 Å². The van der Waals surface area contributed by atoms with Crippen LogP contribution in [0.2, 0.25) is 0 Å². The fourth-order valence-electron chi connectivity index (χ4n) is 12.9. The van der Waals surface area contributed by atoms with Gasteiger partial charge in [-0.05, 0) is 97.7 Å². The maximum atomic E-state index is 13.2. The van der Waals surface area contributed by atoms with Crippen molar-refractivity contribution in [3.8, 4) is 0 Å². The number of carbonyl (C=O) groups is 2. The average Bonchev–Trinajstić information content (AvgIpc) is 3.62. The highest BCUT2D eigenvalue weighted by Crippen LogP contribution is 2.67. The zero-order chi connectivity index (χ0) is 48.9. The molecule has 4 aliphatic rings. The minimum absolute atomic E-state index is 0.00206. The average molecular weight is 966 g/mol. The normalized spacial score (nSPS) is 27.8. The topological polar surface area (TPSA) is 130 Å². The Labute approximate surface area is 409 Å². The molecule has 12 heteroatoms. The number of hydrogen-bond acceptors (Lipinski definition) is 8. The smallest absolute Gasteiger partial charge is 0.440 e. The van der Waals surface area contributed by atoms with E-state index in [1.807, 2.05) is 21.1 Å². The number of amides is 1. The summed E-state index contributed by atoms with van der Waals surface area (Å²) >= 11 is 0. The summed E-state index contributed by atoms with van der Waals surface area (Å²) < 4.78 is 40.7. The van der Waals surface area contributed by atoms with E-state index in [2.05, 4.69) is 52.9 Å². The molecule has 3 fully saturated rings. The summed E-state index contributed by atoms with van der Waals surface area (Å²) in [6.45, 7) is 14.7. The zero-order valence-electron chi connectivity index (χ0n) is 44.4. The fraction of sp³-hybridized carbons (Fsp3) is 0.927. The number of ether oxygens (including phenoxy) is 3. The molecule has 1 amide bonds. The molecule has 0 radical (unpaired) electrons. The van der Waals surface area contributed by atoms with Crippen LogP contribution >= 0.6 is 7.82 Å². The second kappa shape index (κ2) is 29.0. The molecule has 0 aromatic rings. The lowest BCUT2D eigenvalue weighted by Crippen LogP contribution is -2.51. The third-order valence-corrected chi connectivity index (χ3v) is 17.9. The third-order valence-electron chi connectivity index (χ3n) is 16.9. The van der Waals surface area contributed by atoms with Crippen LogP contribution in [0, 0.1) is 46.3 Å². The first-order valence-electron chi connectivity index (χ1n) is 27.8. The number of nitrogens with zero attached hydrogens (tertiary/aromatic N) is 1. The van der Waals surface area contributed by atoms with Crippen LogP contribution in [-0.2, 0) is 27.8 Å². The highest BCUT2D eigenvalue weighted by molar-refractivity contribution is 7.47. The molecule has 0 aromatic carbocycles. The summed E-state index contributed by atoms with van der Waals surface area (Å²) in [6, 6.07) is 0. The van der Waals surface area contributed by atoms with E-state index in [4.69, 9.17) is 23.3 Å². The first kappa shape index (κ1) is 57.9. The summed E-state index contributed by atoms with van der Waals surface area (Å²) in [7, 11) is 1.38.